The summed E-state index contributed by atoms with van der Waals surface area (Å²) in [4.78, 5) is 0. The Labute approximate surface area is 651 Å². The Morgan fingerprint density at radius 2 is 0.277 bits per heavy atom. The summed E-state index contributed by atoms with van der Waals surface area (Å²) in [5.74, 6) is 0. The molecular weight excluding hydrogens is 1350 g/mol. The maximum Gasteiger partial charge on any atom is -0.00139 e. The normalized spacial score (nSPS) is 11.6. The van der Waals surface area contributed by atoms with E-state index in [0.29, 0.717) is 0 Å². The number of rotatable bonds is 10. The third kappa shape index (κ3) is 11.2. The lowest BCUT2D eigenvalue weighted by molar-refractivity contribution is 1.60. The molecule has 0 heterocycles. The lowest BCUT2D eigenvalue weighted by Gasteiger charge is -2.23. The van der Waals surface area contributed by atoms with Crippen molar-refractivity contribution in [3.05, 3.63) is 437 Å². The topological polar surface area (TPSA) is 0 Å². The average Bonchev–Trinajstić information content (AvgIpc) is 0.701. The van der Waals surface area contributed by atoms with Gasteiger partial charge < -0.3 is 0 Å². The van der Waals surface area contributed by atoms with E-state index < -0.39 is 0 Å². The first-order valence-corrected chi connectivity index (χ1v) is 38.9. The Bertz CT molecular complexity index is 6850. The second-order valence-electron chi connectivity index (χ2n) is 29.5. The van der Waals surface area contributed by atoms with Gasteiger partial charge in [0.1, 0.15) is 0 Å². The third-order valence-corrected chi connectivity index (χ3v) is 23.3. The van der Waals surface area contributed by atoms with Crippen molar-refractivity contribution in [2.24, 2.45) is 0 Å². The van der Waals surface area contributed by atoms with Crippen LogP contribution in [-0.4, -0.2) is 0 Å². The Morgan fingerprint density at radius 3 is 0.580 bits per heavy atom. The van der Waals surface area contributed by atoms with Crippen LogP contribution >= 0.6 is 0 Å². The first-order valence-electron chi connectivity index (χ1n) is 38.9. The van der Waals surface area contributed by atoms with Crippen molar-refractivity contribution in [3.63, 3.8) is 0 Å². The molecule has 0 aliphatic carbocycles. The number of hydrogen-bond donors (Lipinski definition) is 0. The van der Waals surface area contributed by atoms with E-state index in [-0.39, 0.29) is 0 Å². The van der Waals surface area contributed by atoms with Gasteiger partial charge >= 0.3 is 0 Å². The minimum Gasteiger partial charge on any atom is -0.0622 e. The van der Waals surface area contributed by atoms with Crippen molar-refractivity contribution in [3.8, 4) is 111 Å². The molecule has 22 aromatic rings. The molecular formula is C112H72. The highest BCUT2D eigenvalue weighted by Gasteiger charge is 2.26. The van der Waals surface area contributed by atoms with Gasteiger partial charge in [0.15, 0.2) is 0 Å². The smallest absolute Gasteiger partial charge is 0.00139 e. The molecule has 0 nitrogen and oxygen atoms in total. The first kappa shape index (κ1) is 65.7. The van der Waals surface area contributed by atoms with Crippen molar-refractivity contribution in [1.29, 1.82) is 0 Å². The van der Waals surface area contributed by atoms with Gasteiger partial charge in [0.2, 0.25) is 0 Å². The van der Waals surface area contributed by atoms with Crippen LogP contribution in [0.3, 0.4) is 0 Å². The van der Waals surface area contributed by atoms with E-state index in [9.17, 15) is 0 Å². The van der Waals surface area contributed by atoms with E-state index in [4.69, 9.17) is 0 Å². The zero-order valence-electron chi connectivity index (χ0n) is 61.6. The third-order valence-electron chi connectivity index (χ3n) is 23.3. The molecule has 0 saturated carbocycles. The van der Waals surface area contributed by atoms with E-state index in [2.05, 4.69) is 437 Å². The van der Waals surface area contributed by atoms with Crippen molar-refractivity contribution >= 4 is 108 Å². The Hall–Kier alpha value is -14.6. The maximum absolute atomic E-state index is 2.45. The fourth-order valence-electron chi connectivity index (χ4n) is 18.4. The zero-order chi connectivity index (χ0) is 74.0. The average molecular weight is 1420 g/mol. The van der Waals surface area contributed by atoms with E-state index in [1.807, 2.05) is 0 Å². The molecule has 520 valence electrons. The van der Waals surface area contributed by atoms with Gasteiger partial charge in [-0.25, -0.2) is 0 Å². The summed E-state index contributed by atoms with van der Waals surface area (Å²) < 4.78 is 0. The van der Waals surface area contributed by atoms with Gasteiger partial charge in [0.25, 0.3) is 0 Å². The van der Waals surface area contributed by atoms with Gasteiger partial charge in [-0.2, -0.15) is 0 Å². The lowest BCUT2D eigenvalue weighted by atomic mass is 9.80. The molecule has 0 atom stereocenters. The predicted octanol–water partition coefficient (Wildman–Crippen LogP) is 31.6. The summed E-state index contributed by atoms with van der Waals surface area (Å²) in [6, 6.07) is 161. The molecule has 0 heteroatoms. The minimum atomic E-state index is 1.19. The van der Waals surface area contributed by atoms with Crippen LogP contribution in [0.2, 0.25) is 0 Å². The number of benzene rings is 22. The van der Waals surface area contributed by atoms with Crippen LogP contribution in [0.25, 0.3) is 219 Å². The molecule has 22 rings (SSSR count). The monoisotopic (exact) mass is 1420 g/mol. The molecule has 0 spiro atoms. The van der Waals surface area contributed by atoms with Crippen LogP contribution in [0.5, 0.6) is 0 Å². The molecule has 112 heavy (non-hydrogen) atoms. The summed E-state index contributed by atoms with van der Waals surface area (Å²) in [5.41, 5.74) is 24.8. The fourth-order valence-corrected chi connectivity index (χ4v) is 18.4. The van der Waals surface area contributed by atoms with Gasteiger partial charge in [-0.3, -0.25) is 0 Å². The van der Waals surface area contributed by atoms with E-state index >= 15 is 0 Å². The van der Waals surface area contributed by atoms with Crippen molar-refractivity contribution in [2.75, 3.05) is 0 Å². The molecule has 0 saturated heterocycles. The van der Waals surface area contributed by atoms with Gasteiger partial charge in [-0.15, -0.1) is 0 Å². The Balaban J connectivity index is 0.000000147. The second kappa shape index (κ2) is 27.9. The standard InChI is InChI=1S/C64H42.C48H30/c1-5-17-43(18-6-1)45-29-33-49(34-30-45)63-55-27-15-13-25-53(55)61(47-21-9-3-10-22-47)57-39-37-51(41-59(57)63)52-38-40-58-60(42-52)64(50-35-31-46(32-36-50)44-19-7-2-8-20-44)56-28-16-14-26-54(56)62(58)48-23-11-4-12-24-48;1-3-19-33-31(15-1)17-13-29-35(33)45-37-21-5-9-25-41(37)47(42-26-10-6-22-38(42)45)48-43-27-11-7-23-39(43)46(40-24-8-12-28-44(40)48)36-30-14-18-32-16-2-4-20-34(32)36/h1-42H;1-30H. The molecule has 0 fully saturated rings. The summed E-state index contributed by atoms with van der Waals surface area (Å²) in [6.07, 6.45) is 0. The van der Waals surface area contributed by atoms with Crippen LogP contribution in [-0.2, 0) is 0 Å². The summed E-state index contributed by atoms with van der Waals surface area (Å²) in [5, 5.41) is 25.2. The zero-order valence-corrected chi connectivity index (χ0v) is 61.6. The minimum absolute atomic E-state index is 1.19. The van der Waals surface area contributed by atoms with Gasteiger partial charge in [0, 0.05) is 0 Å². The molecule has 22 aromatic carbocycles. The fraction of sp³-hybridized carbons (Fsp3) is 0. The Kier molecular flexibility index (Phi) is 16.4. The first-order chi connectivity index (χ1) is 55.6. The van der Waals surface area contributed by atoms with E-state index in [1.54, 1.807) is 0 Å². The largest absolute Gasteiger partial charge is 0.0622 e. The lowest BCUT2D eigenvalue weighted by Crippen LogP contribution is -1.95. The molecule has 0 aromatic heterocycles. The SMILES string of the molecule is c1ccc(-c2ccc(-c3c4ccccc4c(-c4ccccc4)c4ccc(-c5ccc6c(-c7ccccc7)c7ccccc7c(-c7ccc(-c8ccccc8)cc7)c6c5)cc34)cc2)cc1.c1ccc2c(-c3c4ccccc4c(-c4c5ccccc5c(-c5cccc6ccccc56)c5ccccc45)c4ccccc34)cccc2c1. The molecule has 0 aliphatic rings. The van der Waals surface area contributed by atoms with Crippen molar-refractivity contribution in [1.82, 2.24) is 0 Å². The molecule has 0 N–H and O–H groups in total. The van der Waals surface area contributed by atoms with Crippen LogP contribution in [0.1, 0.15) is 0 Å². The Morgan fingerprint density at radius 1 is 0.0893 bits per heavy atom. The highest BCUT2D eigenvalue weighted by molar-refractivity contribution is 6.32. The number of hydrogen-bond acceptors (Lipinski definition) is 0. The van der Waals surface area contributed by atoms with Gasteiger partial charge in [0.05, 0.1) is 0 Å². The summed E-state index contributed by atoms with van der Waals surface area (Å²) in [6.45, 7) is 0. The quantitative estimate of drug-likeness (QED) is 0.120. The van der Waals surface area contributed by atoms with Gasteiger partial charge in [-0.05, 0) is 231 Å². The van der Waals surface area contributed by atoms with Crippen LogP contribution in [0.15, 0.2) is 437 Å². The van der Waals surface area contributed by atoms with Gasteiger partial charge in [-0.1, -0.05) is 425 Å². The van der Waals surface area contributed by atoms with Crippen LogP contribution in [0.4, 0.5) is 0 Å². The van der Waals surface area contributed by atoms with Crippen LogP contribution < -0.4 is 0 Å². The maximum atomic E-state index is 2.45. The highest BCUT2D eigenvalue weighted by Crippen LogP contribution is 2.53. The molecule has 0 aliphatic heterocycles. The van der Waals surface area contributed by atoms with E-state index in [1.165, 1.54) is 219 Å². The van der Waals surface area contributed by atoms with E-state index in [0.717, 1.165) is 0 Å². The second-order valence-corrected chi connectivity index (χ2v) is 29.5. The molecule has 0 bridgehead atoms. The summed E-state index contributed by atoms with van der Waals surface area (Å²) >= 11 is 0. The predicted molar refractivity (Wildman–Crippen MR) is 482 cm³/mol. The van der Waals surface area contributed by atoms with Crippen molar-refractivity contribution < 1.29 is 0 Å². The highest BCUT2D eigenvalue weighted by atomic mass is 14.3. The van der Waals surface area contributed by atoms with Crippen LogP contribution in [0, 0.1) is 0 Å². The molecule has 0 radical (unpaired) electrons. The summed E-state index contributed by atoms with van der Waals surface area (Å²) in [7, 11) is 0. The van der Waals surface area contributed by atoms with Crippen molar-refractivity contribution in [2.45, 2.75) is 0 Å². The molecule has 0 unspecified atom stereocenters. The molecule has 0 amide bonds. The number of fused-ring (bicyclic) bond motifs is 10.